The van der Waals surface area contributed by atoms with Crippen LogP contribution in [0, 0.1) is 12.8 Å². The lowest BCUT2D eigenvalue weighted by molar-refractivity contribution is -0.125. The smallest absolute Gasteiger partial charge is 0.253 e. The van der Waals surface area contributed by atoms with Gasteiger partial charge in [-0.15, -0.1) is 0 Å². The number of amides is 2. The van der Waals surface area contributed by atoms with E-state index in [1.807, 2.05) is 85.8 Å². The fourth-order valence-corrected chi connectivity index (χ4v) is 4.22. The molecule has 0 spiro atoms. The van der Waals surface area contributed by atoms with Gasteiger partial charge in [-0.3, -0.25) is 9.59 Å². The lowest BCUT2D eigenvalue weighted by Gasteiger charge is -2.18. The lowest BCUT2D eigenvalue weighted by atomic mass is 9.88. The number of nitrogens with zero attached hydrogens (tertiary/aromatic N) is 1. The molecule has 5 nitrogen and oxygen atoms in total. The SMILES string of the molecule is COc1ccc([C@@H]2CN(C(=O)c3ccc(C)cc3)C[C@H]2C(=O)NCc2ccccc2)cc1. The van der Waals surface area contributed by atoms with E-state index in [0.29, 0.717) is 25.2 Å². The lowest BCUT2D eigenvalue weighted by Crippen LogP contribution is -2.35. The molecule has 0 unspecified atom stereocenters. The van der Waals surface area contributed by atoms with Crippen molar-refractivity contribution in [3.63, 3.8) is 0 Å². The highest BCUT2D eigenvalue weighted by Gasteiger charge is 2.40. The maximum absolute atomic E-state index is 13.2. The highest BCUT2D eigenvalue weighted by atomic mass is 16.5. The molecule has 0 bridgehead atoms. The summed E-state index contributed by atoms with van der Waals surface area (Å²) in [5.74, 6) is 0.299. The van der Waals surface area contributed by atoms with Gasteiger partial charge >= 0.3 is 0 Å². The van der Waals surface area contributed by atoms with Gasteiger partial charge in [-0.2, -0.15) is 0 Å². The minimum atomic E-state index is -0.318. The Morgan fingerprint density at radius 3 is 2.28 bits per heavy atom. The minimum absolute atomic E-state index is 0.0334. The van der Waals surface area contributed by atoms with Crippen molar-refractivity contribution >= 4 is 11.8 Å². The fraction of sp³-hybridized carbons (Fsp3) is 0.259. The summed E-state index contributed by atoms with van der Waals surface area (Å²) in [7, 11) is 1.63. The summed E-state index contributed by atoms with van der Waals surface area (Å²) >= 11 is 0. The third-order valence-corrected chi connectivity index (χ3v) is 6.10. The van der Waals surface area contributed by atoms with Gasteiger partial charge in [-0.1, -0.05) is 60.2 Å². The summed E-state index contributed by atoms with van der Waals surface area (Å²) < 4.78 is 5.28. The second-order valence-corrected chi connectivity index (χ2v) is 8.27. The van der Waals surface area contributed by atoms with Gasteiger partial charge in [-0.05, 0) is 42.3 Å². The summed E-state index contributed by atoms with van der Waals surface area (Å²) in [4.78, 5) is 28.2. The molecule has 2 amide bonds. The zero-order chi connectivity index (χ0) is 22.5. The van der Waals surface area contributed by atoms with Crippen LogP contribution >= 0.6 is 0 Å². The zero-order valence-electron chi connectivity index (χ0n) is 18.5. The Balaban J connectivity index is 1.54. The van der Waals surface area contributed by atoms with Gasteiger partial charge in [0.1, 0.15) is 5.75 Å². The average molecular weight is 429 g/mol. The summed E-state index contributed by atoms with van der Waals surface area (Å²) in [5, 5.41) is 3.07. The molecule has 3 aromatic carbocycles. The van der Waals surface area contributed by atoms with Gasteiger partial charge < -0.3 is 15.0 Å². The molecule has 2 atom stereocenters. The first-order valence-electron chi connectivity index (χ1n) is 10.9. The van der Waals surface area contributed by atoms with Gasteiger partial charge in [0, 0.05) is 31.1 Å². The van der Waals surface area contributed by atoms with Crippen LogP contribution < -0.4 is 10.1 Å². The molecule has 32 heavy (non-hydrogen) atoms. The topological polar surface area (TPSA) is 58.6 Å². The van der Waals surface area contributed by atoms with Crippen LogP contribution in [0.5, 0.6) is 5.75 Å². The van der Waals surface area contributed by atoms with Crippen LogP contribution in [-0.2, 0) is 11.3 Å². The molecule has 1 heterocycles. The first-order valence-corrected chi connectivity index (χ1v) is 10.9. The number of ether oxygens (including phenoxy) is 1. The quantitative estimate of drug-likeness (QED) is 0.641. The highest BCUT2D eigenvalue weighted by Crippen LogP contribution is 2.34. The van der Waals surface area contributed by atoms with Crippen molar-refractivity contribution < 1.29 is 14.3 Å². The molecule has 0 saturated carbocycles. The van der Waals surface area contributed by atoms with Crippen LogP contribution in [0.4, 0.5) is 0 Å². The van der Waals surface area contributed by atoms with Gasteiger partial charge in [0.2, 0.25) is 5.91 Å². The van der Waals surface area contributed by atoms with Crippen molar-refractivity contribution in [2.45, 2.75) is 19.4 Å². The molecule has 3 aromatic rings. The van der Waals surface area contributed by atoms with E-state index < -0.39 is 0 Å². The number of aryl methyl sites for hydroxylation is 1. The van der Waals surface area contributed by atoms with Crippen molar-refractivity contribution in [2.75, 3.05) is 20.2 Å². The Kier molecular flexibility index (Phi) is 6.55. The summed E-state index contributed by atoms with van der Waals surface area (Å²) in [6, 6.07) is 25.2. The number of rotatable bonds is 6. The Labute approximate surface area is 189 Å². The van der Waals surface area contributed by atoms with Crippen LogP contribution in [0.1, 0.15) is 33.0 Å². The van der Waals surface area contributed by atoms with E-state index in [-0.39, 0.29) is 23.7 Å². The molecule has 1 N–H and O–H groups in total. The molecular weight excluding hydrogens is 400 g/mol. The predicted molar refractivity (Wildman–Crippen MR) is 125 cm³/mol. The number of nitrogens with one attached hydrogen (secondary N) is 1. The first-order chi connectivity index (χ1) is 15.5. The maximum atomic E-state index is 13.2. The monoisotopic (exact) mass is 428 g/mol. The van der Waals surface area contributed by atoms with Crippen LogP contribution in [0.15, 0.2) is 78.9 Å². The van der Waals surface area contributed by atoms with Gasteiger partial charge in [0.15, 0.2) is 0 Å². The first kappa shape index (κ1) is 21.6. The number of likely N-dealkylation sites (tertiary alicyclic amines) is 1. The van der Waals surface area contributed by atoms with Crippen molar-refractivity contribution in [3.05, 3.63) is 101 Å². The largest absolute Gasteiger partial charge is 0.497 e. The van der Waals surface area contributed by atoms with E-state index in [1.165, 1.54) is 0 Å². The molecule has 0 aliphatic carbocycles. The maximum Gasteiger partial charge on any atom is 0.253 e. The number of benzene rings is 3. The van der Waals surface area contributed by atoms with Crippen molar-refractivity contribution in [2.24, 2.45) is 5.92 Å². The van der Waals surface area contributed by atoms with Crippen LogP contribution in [0.3, 0.4) is 0 Å². The molecule has 0 radical (unpaired) electrons. The number of carbonyl (C=O) groups excluding carboxylic acids is 2. The molecule has 1 aliphatic rings. The van der Waals surface area contributed by atoms with Crippen molar-refractivity contribution in [1.29, 1.82) is 0 Å². The average Bonchev–Trinajstić information content (AvgIpc) is 3.29. The number of carbonyl (C=O) groups is 2. The van der Waals surface area contributed by atoms with E-state index in [0.717, 1.165) is 22.4 Å². The normalized spacial score (nSPS) is 17.8. The second kappa shape index (κ2) is 9.69. The van der Waals surface area contributed by atoms with E-state index in [9.17, 15) is 9.59 Å². The summed E-state index contributed by atoms with van der Waals surface area (Å²) in [6.45, 7) is 3.36. The van der Waals surface area contributed by atoms with Gasteiger partial charge in [-0.25, -0.2) is 0 Å². The second-order valence-electron chi connectivity index (χ2n) is 8.27. The summed E-state index contributed by atoms with van der Waals surface area (Å²) in [5.41, 5.74) is 3.84. The molecular formula is C27H28N2O3. The molecule has 1 saturated heterocycles. The number of hydrogen-bond donors (Lipinski definition) is 1. The Morgan fingerprint density at radius 1 is 0.938 bits per heavy atom. The highest BCUT2D eigenvalue weighted by molar-refractivity contribution is 5.95. The molecule has 164 valence electrons. The minimum Gasteiger partial charge on any atom is -0.497 e. The third kappa shape index (κ3) is 4.83. The van der Waals surface area contributed by atoms with Gasteiger partial charge in [0.05, 0.1) is 13.0 Å². The van der Waals surface area contributed by atoms with E-state index in [2.05, 4.69) is 5.32 Å². The standard InChI is InChI=1S/C27H28N2O3/c1-19-8-10-22(11-9-19)27(31)29-17-24(21-12-14-23(32-2)15-13-21)25(18-29)26(30)28-16-20-6-4-3-5-7-20/h3-15,24-25H,16-18H2,1-2H3,(H,28,30)/t24-,25+/m0/s1. The molecule has 1 aliphatic heterocycles. The summed E-state index contributed by atoms with van der Waals surface area (Å²) in [6.07, 6.45) is 0. The molecule has 4 rings (SSSR count). The Bertz CT molecular complexity index is 1060. The van der Waals surface area contributed by atoms with Crippen molar-refractivity contribution in [3.8, 4) is 5.75 Å². The van der Waals surface area contributed by atoms with Crippen LogP contribution in [0.25, 0.3) is 0 Å². The number of methoxy groups -OCH3 is 1. The van der Waals surface area contributed by atoms with E-state index in [4.69, 9.17) is 4.74 Å². The number of hydrogen-bond acceptors (Lipinski definition) is 3. The Morgan fingerprint density at radius 2 is 1.62 bits per heavy atom. The van der Waals surface area contributed by atoms with Crippen LogP contribution in [0.2, 0.25) is 0 Å². The van der Waals surface area contributed by atoms with Crippen LogP contribution in [-0.4, -0.2) is 36.9 Å². The molecule has 1 fully saturated rings. The zero-order valence-corrected chi connectivity index (χ0v) is 18.5. The van der Waals surface area contributed by atoms with E-state index >= 15 is 0 Å². The van der Waals surface area contributed by atoms with Gasteiger partial charge in [0.25, 0.3) is 5.91 Å². The molecule has 0 aromatic heterocycles. The van der Waals surface area contributed by atoms with E-state index in [1.54, 1.807) is 12.0 Å². The predicted octanol–water partition coefficient (Wildman–Crippen LogP) is 4.18. The molecule has 5 heteroatoms. The fourth-order valence-electron chi connectivity index (χ4n) is 4.22. The van der Waals surface area contributed by atoms with Crippen molar-refractivity contribution in [1.82, 2.24) is 10.2 Å². The third-order valence-electron chi connectivity index (χ3n) is 6.10. The Hall–Kier alpha value is -3.60.